The maximum atomic E-state index is 5.33. The molecule has 2 atom stereocenters. The van der Waals surface area contributed by atoms with E-state index in [0.717, 1.165) is 19.1 Å². The minimum atomic E-state index is 0.639. The number of hydrogen-bond acceptors (Lipinski definition) is 2. The highest BCUT2D eigenvalue weighted by Gasteiger charge is 2.26. The standard InChI is InChI=1S/C10H19NO/c1-8(9-3-2-4-9)11-10-5-6-12-7-10/h8-11H,2-7H2,1H3/t8-,10?/m1/s1. The molecule has 1 saturated heterocycles. The van der Waals surface area contributed by atoms with Gasteiger partial charge in [0.1, 0.15) is 0 Å². The molecule has 0 aromatic carbocycles. The first kappa shape index (κ1) is 8.52. The highest BCUT2D eigenvalue weighted by Crippen LogP contribution is 2.29. The molecule has 1 N–H and O–H groups in total. The van der Waals surface area contributed by atoms with Crippen molar-refractivity contribution in [1.29, 1.82) is 0 Å². The molecular weight excluding hydrogens is 150 g/mol. The van der Waals surface area contributed by atoms with E-state index in [-0.39, 0.29) is 0 Å². The third kappa shape index (κ3) is 1.80. The normalized spacial score (nSPS) is 33.2. The predicted octanol–water partition coefficient (Wildman–Crippen LogP) is 1.55. The summed E-state index contributed by atoms with van der Waals surface area (Å²) < 4.78 is 5.33. The van der Waals surface area contributed by atoms with E-state index in [1.807, 2.05) is 0 Å². The Balaban J connectivity index is 1.69. The van der Waals surface area contributed by atoms with Crippen molar-refractivity contribution in [3.8, 4) is 0 Å². The fraction of sp³-hybridized carbons (Fsp3) is 1.00. The van der Waals surface area contributed by atoms with Crippen LogP contribution in [0.25, 0.3) is 0 Å². The van der Waals surface area contributed by atoms with Crippen LogP contribution in [0.15, 0.2) is 0 Å². The molecule has 1 unspecified atom stereocenters. The second-order valence-corrected chi connectivity index (χ2v) is 4.21. The summed E-state index contributed by atoms with van der Waals surface area (Å²) in [5.41, 5.74) is 0. The summed E-state index contributed by atoms with van der Waals surface area (Å²) in [6.45, 7) is 4.20. The van der Waals surface area contributed by atoms with Crippen LogP contribution in [0.2, 0.25) is 0 Å². The highest BCUT2D eigenvalue weighted by atomic mass is 16.5. The topological polar surface area (TPSA) is 21.3 Å². The summed E-state index contributed by atoms with van der Waals surface area (Å²) in [5.74, 6) is 0.950. The average Bonchev–Trinajstić information content (AvgIpc) is 2.34. The van der Waals surface area contributed by atoms with Gasteiger partial charge in [0, 0.05) is 18.7 Å². The quantitative estimate of drug-likeness (QED) is 0.692. The Bertz CT molecular complexity index is 139. The highest BCUT2D eigenvalue weighted by molar-refractivity contribution is 4.83. The molecule has 1 aliphatic heterocycles. The van der Waals surface area contributed by atoms with Crippen molar-refractivity contribution in [3.63, 3.8) is 0 Å². The molecule has 0 bridgehead atoms. The van der Waals surface area contributed by atoms with Gasteiger partial charge >= 0.3 is 0 Å². The van der Waals surface area contributed by atoms with Gasteiger partial charge in [0.2, 0.25) is 0 Å². The molecule has 12 heavy (non-hydrogen) atoms. The molecule has 1 aliphatic carbocycles. The third-order valence-electron chi connectivity index (χ3n) is 3.29. The van der Waals surface area contributed by atoms with Crippen LogP contribution in [-0.2, 0) is 4.74 Å². The molecule has 1 saturated carbocycles. The van der Waals surface area contributed by atoms with Crippen LogP contribution in [0.1, 0.15) is 32.6 Å². The van der Waals surface area contributed by atoms with Crippen molar-refractivity contribution >= 4 is 0 Å². The minimum absolute atomic E-state index is 0.639. The molecule has 2 fully saturated rings. The molecule has 0 amide bonds. The molecule has 0 spiro atoms. The van der Waals surface area contributed by atoms with Crippen molar-refractivity contribution in [3.05, 3.63) is 0 Å². The predicted molar refractivity (Wildman–Crippen MR) is 49.2 cm³/mol. The van der Waals surface area contributed by atoms with Gasteiger partial charge in [-0.2, -0.15) is 0 Å². The lowest BCUT2D eigenvalue weighted by Gasteiger charge is -2.33. The van der Waals surface area contributed by atoms with Gasteiger partial charge in [-0.1, -0.05) is 6.42 Å². The first-order valence-electron chi connectivity index (χ1n) is 5.20. The van der Waals surface area contributed by atoms with Gasteiger partial charge in [-0.05, 0) is 32.1 Å². The third-order valence-corrected chi connectivity index (χ3v) is 3.29. The molecule has 0 aromatic rings. The van der Waals surface area contributed by atoms with E-state index in [9.17, 15) is 0 Å². The monoisotopic (exact) mass is 169 g/mol. The maximum absolute atomic E-state index is 5.33. The smallest absolute Gasteiger partial charge is 0.0620 e. The van der Waals surface area contributed by atoms with Gasteiger partial charge in [-0.15, -0.1) is 0 Å². The van der Waals surface area contributed by atoms with Gasteiger partial charge in [-0.3, -0.25) is 0 Å². The first-order chi connectivity index (χ1) is 5.86. The fourth-order valence-corrected chi connectivity index (χ4v) is 2.11. The molecular formula is C10H19NO. The van der Waals surface area contributed by atoms with Crippen molar-refractivity contribution in [1.82, 2.24) is 5.32 Å². The Morgan fingerprint density at radius 2 is 2.17 bits per heavy atom. The SMILES string of the molecule is C[C@@H](NC1CCOC1)C1CCC1. The minimum Gasteiger partial charge on any atom is -0.380 e. The zero-order valence-electron chi connectivity index (χ0n) is 7.88. The summed E-state index contributed by atoms with van der Waals surface area (Å²) in [6.07, 6.45) is 5.51. The Kier molecular flexibility index (Phi) is 2.66. The van der Waals surface area contributed by atoms with Crippen LogP contribution in [0.3, 0.4) is 0 Å². The molecule has 0 radical (unpaired) electrons. The first-order valence-corrected chi connectivity index (χ1v) is 5.20. The Labute approximate surface area is 74.7 Å². The number of hydrogen-bond donors (Lipinski definition) is 1. The Morgan fingerprint density at radius 1 is 1.33 bits per heavy atom. The van der Waals surface area contributed by atoms with Gasteiger partial charge < -0.3 is 10.1 Å². The summed E-state index contributed by atoms with van der Waals surface area (Å²) in [4.78, 5) is 0. The van der Waals surface area contributed by atoms with E-state index in [1.165, 1.54) is 25.7 Å². The molecule has 2 heteroatoms. The van der Waals surface area contributed by atoms with E-state index in [2.05, 4.69) is 12.2 Å². The lowest BCUT2D eigenvalue weighted by Crippen LogP contribution is -2.43. The zero-order chi connectivity index (χ0) is 8.39. The lowest BCUT2D eigenvalue weighted by molar-refractivity contribution is 0.177. The molecule has 70 valence electrons. The lowest BCUT2D eigenvalue weighted by atomic mass is 9.80. The zero-order valence-corrected chi connectivity index (χ0v) is 7.88. The van der Waals surface area contributed by atoms with E-state index in [1.54, 1.807) is 0 Å². The fourth-order valence-electron chi connectivity index (χ4n) is 2.11. The summed E-state index contributed by atoms with van der Waals surface area (Å²) in [7, 11) is 0. The summed E-state index contributed by atoms with van der Waals surface area (Å²) >= 11 is 0. The van der Waals surface area contributed by atoms with Crippen molar-refractivity contribution in [2.45, 2.75) is 44.7 Å². The number of rotatable bonds is 3. The Hall–Kier alpha value is -0.0800. The second-order valence-electron chi connectivity index (χ2n) is 4.21. The Morgan fingerprint density at radius 3 is 2.67 bits per heavy atom. The van der Waals surface area contributed by atoms with Gasteiger partial charge in [-0.25, -0.2) is 0 Å². The molecule has 2 rings (SSSR count). The van der Waals surface area contributed by atoms with Crippen LogP contribution in [-0.4, -0.2) is 25.3 Å². The van der Waals surface area contributed by atoms with Gasteiger partial charge in [0.15, 0.2) is 0 Å². The number of nitrogens with one attached hydrogen (secondary N) is 1. The largest absolute Gasteiger partial charge is 0.380 e. The van der Waals surface area contributed by atoms with Gasteiger partial charge in [0.05, 0.1) is 6.61 Å². The van der Waals surface area contributed by atoms with Crippen LogP contribution in [0, 0.1) is 5.92 Å². The number of ether oxygens (including phenoxy) is 1. The van der Waals surface area contributed by atoms with Crippen LogP contribution >= 0.6 is 0 Å². The van der Waals surface area contributed by atoms with E-state index >= 15 is 0 Å². The molecule has 2 nitrogen and oxygen atoms in total. The van der Waals surface area contributed by atoms with Crippen molar-refractivity contribution in [2.75, 3.05) is 13.2 Å². The molecule has 1 heterocycles. The van der Waals surface area contributed by atoms with Crippen LogP contribution in [0.4, 0.5) is 0 Å². The summed E-state index contributed by atoms with van der Waals surface area (Å²) in [5, 5.41) is 3.66. The van der Waals surface area contributed by atoms with Crippen LogP contribution < -0.4 is 5.32 Å². The molecule has 2 aliphatic rings. The average molecular weight is 169 g/mol. The second kappa shape index (κ2) is 3.75. The van der Waals surface area contributed by atoms with Gasteiger partial charge in [0.25, 0.3) is 0 Å². The molecule has 0 aromatic heterocycles. The van der Waals surface area contributed by atoms with E-state index < -0.39 is 0 Å². The van der Waals surface area contributed by atoms with Crippen molar-refractivity contribution in [2.24, 2.45) is 5.92 Å². The summed E-state index contributed by atoms with van der Waals surface area (Å²) in [6, 6.07) is 1.35. The van der Waals surface area contributed by atoms with Crippen molar-refractivity contribution < 1.29 is 4.74 Å². The maximum Gasteiger partial charge on any atom is 0.0620 e. The van der Waals surface area contributed by atoms with Crippen LogP contribution in [0.5, 0.6) is 0 Å². The van der Waals surface area contributed by atoms with E-state index in [4.69, 9.17) is 4.74 Å². The van der Waals surface area contributed by atoms with E-state index in [0.29, 0.717) is 12.1 Å².